The number of nitrogens with zero attached hydrogens (tertiary/aromatic N) is 1. The summed E-state index contributed by atoms with van der Waals surface area (Å²) >= 11 is 0. The number of anilines is 2. The molecule has 0 radical (unpaired) electrons. The topological polar surface area (TPSA) is 130 Å². The van der Waals surface area contributed by atoms with E-state index in [4.69, 9.17) is 9.47 Å². The fourth-order valence-corrected chi connectivity index (χ4v) is 4.18. The number of nitrogens with one attached hydrogen (secondary N) is 4. The van der Waals surface area contributed by atoms with Gasteiger partial charge < -0.3 is 25.4 Å². The number of aliphatic imine (C=N–C) groups is 1. The molecule has 10 nitrogen and oxygen atoms in total. The monoisotopic (exact) mass is 529 g/mol. The van der Waals surface area contributed by atoms with Crippen molar-refractivity contribution in [3.05, 3.63) is 59.3 Å². The zero-order chi connectivity index (χ0) is 27.4. The summed E-state index contributed by atoms with van der Waals surface area (Å²) in [7, 11) is -0.326. The van der Waals surface area contributed by atoms with Crippen molar-refractivity contribution in [3.8, 4) is 11.5 Å². The number of benzene rings is 2. The molecule has 11 heteroatoms. The van der Waals surface area contributed by atoms with Crippen molar-refractivity contribution in [2.45, 2.75) is 39.3 Å². The lowest BCUT2D eigenvalue weighted by Gasteiger charge is -2.24. The third-order valence-electron chi connectivity index (χ3n) is 5.56. The summed E-state index contributed by atoms with van der Waals surface area (Å²) in [6.45, 7) is 8.49. The molecule has 200 valence electrons. The molecule has 2 aromatic carbocycles. The molecule has 0 aromatic heterocycles. The number of sulfonamides is 1. The zero-order valence-electron chi connectivity index (χ0n) is 22.2. The molecule has 37 heavy (non-hydrogen) atoms. The first-order valence-electron chi connectivity index (χ1n) is 11.8. The van der Waals surface area contributed by atoms with Crippen molar-refractivity contribution >= 4 is 33.2 Å². The largest absolute Gasteiger partial charge is 0.492 e. The first-order chi connectivity index (χ1) is 17.3. The van der Waals surface area contributed by atoms with Gasteiger partial charge in [-0.2, -0.15) is 0 Å². The summed E-state index contributed by atoms with van der Waals surface area (Å²) in [6.07, 6.45) is 4.39. The van der Waals surface area contributed by atoms with Crippen LogP contribution >= 0.6 is 0 Å². The molecule has 3 rings (SSSR count). The van der Waals surface area contributed by atoms with E-state index in [-0.39, 0.29) is 23.0 Å². The average molecular weight is 530 g/mol. The summed E-state index contributed by atoms with van der Waals surface area (Å²) in [5.41, 5.74) is 2.27. The van der Waals surface area contributed by atoms with Crippen LogP contribution in [0.3, 0.4) is 0 Å². The second-order valence-corrected chi connectivity index (χ2v) is 11.6. The molecule has 1 unspecified atom stereocenters. The highest BCUT2D eigenvalue weighted by atomic mass is 32.2. The second-order valence-electron chi connectivity index (χ2n) is 9.81. The highest BCUT2D eigenvalue weighted by Crippen LogP contribution is 2.39. The maximum atomic E-state index is 13.3. The lowest BCUT2D eigenvalue weighted by molar-refractivity contribution is 0.102. The van der Waals surface area contributed by atoms with Gasteiger partial charge in [0, 0.05) is 24.4 Å². The maximum absolute atomic E-state index is 13.3. The van der Waals surface area contributed by atoms with Crippen LogP contribution < -0.4 is 30.1 Å². The van der Waals surface area contributed by atoms with Crippen LogP contribution in [0.4, 0.5) is 11.4 Å². The molecular weight excluding hydrogens is 494 g/mol. The molecule has 1 heterocycles. The summed E-state index contributed by atoms with van der Waals surface area (Å²) in [5.74, 6) is 0.724. The van der Waals surface area contributed by atoms with E-state index in [0.717, 1.165) is 17.4 Å². The van der Waals surface area contributed by atoms with Gasteiger partial charge in [-0.05, 0) is 54.8 Å². The third kappa shape index (κ3) is 7.46. The Morgan fingerprint density at radius 1 is 1.16 bits per heavy atom. The Hall–Kier alpha value is -3.57. The van der Waals surface area contributed by atoms with Gasteiger partial charge in [0.25, 0.3) is 5.91 Å². The van der Waals surface area contributed by atoms with E-state index in [9.17, 15) is 13.2 Å². The Kier molecular flexibility index (Phi) is 8.49. The molecule has 1 aliphatic rings. The molecule has 1 aliphatic heterocycles. The number of rotatable bonds is 8. The van der Waals surface area contributed by atoms with Gasteiger partial charge in [-0.3, -0.25) is 9.52 Å². The first kappa shape index (κ1) is 28.0. The van der Waals surface area contributed by atoms with Crippen LogP contribution in [0.2, 0.25) is 0 Å². The van der Waals surface area contributed by atoms with E-state index in [1.165, 1.54) is 7.11 Å². The number of carbonyl (C=O) groups excluding carboxylic acids is 1. The molecule has 0 bridgehead atoms. The van der Waals surface area contributed by atoms with Gasteiger partial charge in [-0.1, -0.05) is 26.8 Å². The van der Waals surface area contributed by atoms with E-state index < -0.39 is 15.9 Å². The van der Waals surface area contributed by atoms with E-state index in [0.29, 0.717) is 29.4 Å². The van der Waals surface area contributed by atoms with Crippen LogP contribution in [0.5, 0.6) is 11.5 Å². The summed E-state index contributed by atoms with van der Waals surface area (Å²) in [5, 5.41) is 9.06. The number of ether oxygens (including phenoxy) is 2. The van der Waals surface area contributed by atoms with Crippen molar-refractivity contribution < 1.29 is 22.7 Å². The van der Waals surface area contributed by atoms with Crippen LogP contribution in [-0.4, -0.2) is 53.3 Å². The summed E-state index contributed by atoms with van der Waals surface area (Å²) in [4.78, 5) is 17.8. The lowest BCUT2D eigenvalue weighted by atomic mass is 9.86. The molecule has 0 aliphatic carbocycles. The Balaban J connectivity index is 1.94. The summed E-state index contributed by atoms with van der Waals surface area (Å²) in [6, 6.07) is 8.62. The third-order valence-corrected chi connectivity index (χ3v) is 6.15. The number of aryl methyl sites for hydroxylation is 1. The van der Waals surface area contributed by atoms with Crippen molar-refractivity contribution in [1.82, 2.24) is 10.6 Å². The van der Waals surface area contributed by atoms with Gasteiger partial charge in [0.2, 0.25) is 15.9 Å². The van der Waals surface area contributed by atoms with Gasteiger partial charge in [-0.25, -0.2) is 13.4 Å². The van der Waals surface area contributed by atoms with Gasteiger partial charge in [0.1, 0.15) is 11.9 Å². The maximum Gasteiger partial charge on any atom is 0.255 e. The van der Waals surface area contributed by atoms with Crippen LogP contribution in [0.1, 0.15) is 42.3 Å². The predicted molar refractivity (Wildman–Crippen MR) is 147 cm³/mol. The number of hydrogen-bond acceptors (Lipinski definition) is 8. The fourth-order valence-electron chi connectivity index (χ4n) is 3.63. The Morgan fingerprint density at radius 2 is 1.86 bits per heavy atom. The normalized spacial score (nSPS) is 15.4. The SMILES string of the molecule is CNCC1N=C(Oc2cc(C(=O)Nc3cc(C(C)(C)C)cc(NS(C)(=O)=O)c3OC)ccc2C)C=CN1. The lowest BCUT2D eigenvalue weighted by Crippen LogP contribution is -2.36. The van der Waals surface area contributed by atoms with Crippen LogP contribution in [0.25, 0.3) is 0 Å². The van der Waals surface area contributed by atoms with Crippen molar-refractivity contribution in [3.63, 3.8) is 0 Å². The molecule has 2 aromatic rings. The van der Waals surface area contributed by atoms with Gasteiger partial charge in [0.15, 0.2) is 5.75 Å². The minimum atomic E-state index is -3.59. The number of carbonyl (C=O) groups is 1. The molecule has 0 saturated carbocycles. The van der Waals surface area contributed by atoms with Crippen LogP contribution in [0.15, 0.2) is 47.6 Å². The molecule has 0 spiro atoms. The highest BCUT2D eigenvalue weighted by molar-refractivity contribution is 7.92. The molecule has 4 N–H and O–H groups in total. The number of amides is 1. The Morgan fingerprint density at radius 3 is 2.49 bits per heavy atom. The summed E-state index contributed by atoms with van der Waals surface area (Å²) < 4.78 is 38.0. The quantitative estimate of drug-likeness (QED) is 0.413. The number of likely N-dealkylation sites (N-methyl/N-ethyl adjacent to an activating group) is 1. The highest BCUT2D eigenvalue weighted by Gasteiger charge is 2.23. The Bertz CT molecular complexity index is 1330. The number of methoxy groups -OCH3 is 1. The van der Waals surface area contributed by atoms with Gasteiger partial charge in [0.05, 0.1) is 24.7 Å². The number of hydrogen-bond donors (Lipinski definition) is 4. The smallest absolute Gasteiger partial charge is 0.255 e. The van der Waals surface area contributed by atoms with E-state index in [1.54, 1.807) is 42.6 Å². The standard InChI is InChI=1S/C26H35N5O5S/c1-16-8-9-17(12-21(16)36-23-10-11-28-22(30-23)15-27-5)25(32)29-19-13-18(26(2,3)4)14-20(24(19)35-6)31-37(7,33)34/h8-14,22,27-28,31H,15H2,1-7H3,(H,29,32). The van der Waals surface area contributed by atoms with Gasteiger partial charge >= 0.3 is 0 Å². The Labute approximate surface area is 218 Å². The second kappa shape index (κ2) is 11.2. The minimum Gasteiger partial charge on any atom is -0.492 e. The molecule has 1 amide bonds. The van der Waals surface area contributed by atoms with E-state index >= 15 is 0 Å². The van der Waals surface area contributed by atoms with Crippen molar-refractivity contribution in [2.75, 3.05) is 37.0 Å². The van der Waals surface area contributed by atoms with Gasteiger partial charge in [-0.15, -0.1) is 0 Å². The molecule has 0 fully saturated rings. The average Bonchev–Trinajstić information content (AvgIpc) is 2.79. The fraction of sp³-hybridized carbons (Fsp3) is 0.385. The zero-order valence-corrected chi connectivity index (χ0v) is 23.0. The molecule has 0 saturated heterocycles. The molecule has 1 atom stereocenters. The van der Waals surface area contributed by atoms with Crippen LogP contribution in [-0.2, 0) is 15.4 Å². The van der Waals surface area contributed by atoms with Crippen molar-refractivity contribution in [1.29, 1.82) is 0 Å². The van der Waals surface area contributed by atoms with E-state index in [2.05, 4.69) is 25.7 Å². The van der Waals surface area contributed by atoms with Crippen LogP contribution in [0, 0.1) is 6.92 Å². The minimum absolute atomic E-state index is 0.158. The van der Waals surface area contributed by atoms with E-state index in [1.807, 2.05) is 34.7 Å². The molecular formula is C26H35N5O5S. The predicted octanol–water partition coefficient (Wildman–Crippen LogP) is 3.36. The van der Waals surface area contributed by atoms with Crippen molar-refractivity contribution in [2.24, 2.45) is 4.99 Å². The first-order valence-corrected chi connectivity index (χ1v) is 13.6.